The van der Waals surface area contributed by atoms with Crippen LogP contribution >= 0.6 is 0 Å². The van der Waals surface area contributed by atoms with E-state index in [9.17, 15) is 4.79 Å². The van der Waals surface area contributed by atoms with E-state index in [1.165, 1.54) is 19.3 Å². The van der Waals surface area contributed by atoms with Crippen LogP contribution in [0.1, 0.15) is 51.9 Å². The monoisotopic (exact) mass is 194 g/mol. The lowest BCUT2D eigenvalue weighted by Gasteiger charge is -2.29. The molecule has 14 heavy (non-hydrogen) atoms. The van der Waals surface area contributed by atoms with Gasteiger partial charge in [0.25, 0.3) is 0 Å². The van der Waals surface area contributed by atoms with E-state index in [1.54, 1.807) is 0 Å². The summed E-state index contributed by atoms with van der Waals surface area (Å²) in [4.78, 5) is 11.8. The lowest BCUT2D eigenvalue weighted by Crippen LogP contribution is -2.26. The maximum absolute atomic E-state index is 11.8. The zero-order chi connectivity index (χ0) is 10.4. The molecule has 1 saturated carbocycles. The molecule has 0 spiro atoms. The Morgan fingerprint density at radius 2 is 2.14 bits per heavy atom. The van der Waals surface area contributed by atoms with Crippen molar-refractivity contribution in [2.75, 3.05) is 0 Å². The van der Waals surface area contributed by atoms with Crippen molar-refractivity contribution < 1.29 is 4.79 Å². The molecule has 1 aliphatic carbocycles. The van der Waals surface area contributed by atoms with E-state index in [4.69, 9.17) is 0 Å². The molecule has 0 aromatic rings. The van der Waals surface area contributed by atoms with Gasteiger partial charge in [0.2, 0.25) is 0 Å². The van der Waals surface area contributed by atoms with Crippen LogP contribution in [0.4, 0.5) is 0 Å². The van der Waals surface area contributed by atoms with Crippen molar-refractivity contribution in [2.24, 2.45) is 11.8 Å². The van der Waals surface area contributed by atoms with Crippen molar-refractivity contribution in [1.29, 1.82) is 0 Å². The molecule has 1 nitrogen and oxygen atoms in total. The summed E-state index contributed by atoms with van der Waals surface area (Å²) >= 11 is 0. The number of allylic oxidation sites excluding steroid dienone is 1. The first-order chi connectivity index (χ1) is 6.79. The molecular formula is C13H22O. The molecule has 1 fully saturated rings. The van der Waals surface area contributed by atoms with E-state index in [2.05, 4.69) is 13.5 Å². The first kappa shape index (κ1) is 11.5. The van der Waals surface area contributed by atoms with Crippen LogP contribution in [-0.4, -0.2) is 5.78 Å². The van der Waals surface area contributed by atoms with E-state index >= 15 is 0 Å². The van der Waals surface area contributed by atoms with Gasteiger partial charge in [-0.2, -0.15) is 0 Å². The lowest BCUT2D eigenvalue weighted by molar-refractivity contribution is -0.125. The van der Waals surface area contributed by atoms with Crippen molar-refractivity contribution in [3.05, 3.63) is 12.7 Å². The molecule has 0 unspecified atom stereocenters. The third kappa shape index (κ3) is 2.97. The fourth-order valence-corrected chi connectivity index (χ4v) is 2.56. The Hall–Kier alpha value is -0.590. The van der Waals surface area contributed by atoms with Gasteiger partial charge in [-0.1, -0.05) is 25.8 Å². The Balaban J connectivity index is 2.52. The lowest BCUT2D eigenvalue weighted by atomic mass is 9.74. The predicted molar refractivity (Wildman–Crippen MR) is 60.2 cm³/mol. The predicted octanol–water partition coefficient (Wildman–Crippen LogP) is 3.74. The molecule has 0 amide bonds. The highest BCUT2D eigenvalue weighted by Gasteiger charge is 2.28. The molecule has 0 radical (unpaired) electrons. The SMILES string of the molecule is C=CC[C@H]1CCCC[C@@H]1C(=O)CCC. The average molecular weight is 194 g/mol. The third-order valence-electron chi connectivity index (χ3n) is 3.29. The first-order valence-corrected chi connectivity index (χ1v) is 5.93. The molecule has 0 aliphatic heterocycles. The summed E-state index contributed by atoms with van der Waals surface area (Å²) in [5.41, 5.74) is 0. The Bertz CT molecular complexity index is 195. The molecule has 0 bridgehead atoms. The molecule has 1 heteroatoms. The molecule has 1 rings (SSSR count). The van der Waals surface area contributed by atoms with E-state index < -0.39 is 0 Å². The Labute approximate surface area is 87.6 Å². The maximum Gasteiger partial charge on any atom is 0.136 e. The minimum atomic E-state index is 0.349. The third-order valence-corrected chi connectivity index (χ3v) is 3.29. The topological polar surface area (TPSA) is 17.1 Å². The fraction of sp³-hybridized carbons (Fsp3) is 0.769. The van der Waals surface area contributed by atoms with Crippen molar-refractivity contribution in [1.82, 2.24) is 0 Å². The number of carbonyl (C=O) groups excluding carboxylic acids is 1. The largest absolute Gasteiger partial charge is 0.299 e. The molecular weight excluding hydrogens is 172 g/mol. The second-order valence-corrected chi connectivity index (χ2v) is 4.39. The van der Waals surface area contributed by atoms with E-state index in [0.717, 1.165) is 25.7 Å². The summed E-state index contributed by atoms with van der Waals surface area (Å²) in [5.74, 6) is 1.45. The molecule has 80 valence electrons. The van der Waals surface area contributed by atoms with Gasteiger partial charge < -0.3 is 0 Å². The summed E-state index contributed by atoms with van der Waals surface area (Å²) in [5, 5.41) is 0. The van der Waals surface area contributed by atoms with Crippen molar-refractivity contribution in [2.45, 2.75) is 51.9 Å². The number of hydrogen-bond acceptors (Lipinski definition) is 1. The summed E-state index contributed by atoms with van der Waals surface area (Å²) < 4.78 is 0. The second kappa shape index (κ2) is 6.00. The highest BCUT2D eigenvalue weighted by Crippen LogP contribution is 2.33. The molecule has 2 atom stereocenters. The Morgan fingerprint density at radius 3 is 2.79 bits per heavy atom. The summed E-state index contributed by atoms with van der Waals surface area (Å²) in [6.07, 6.45) is 9.67. The van der Waals surface area contributed by atoms with Crippen LogP contribution in [-0.2, 0) is 4.79 Å². The molecule has 0 aromatic heterocycles. The van der Waals surface area contributed by atoms with Gasteiger partial charge in [0.15, 0.2) is 0 Å². The van der Waals surface area contributed by atoms with Gasteiger partial charge >= 0.3 is 0 Å². The van der Waals surface area contributed by atoms with E-state index in [0.29, 0.717) is 17.6 Å². The van der Waals surface area contributed by atoms with Crippen LogP contribution in [0.3, 0.4) is 0 Å². The van der Waals surface area contributed by atoms with Crippen LogP contribution in [0.25, 0.3) is 0 Å². The van der Waals surface area contributed by atoms with E-state index in [-0.39, 0.29) is 0 Å². The number of rotatable bonds is 5. The second-order valence-electron chi connectivity index (χ2n) is 4.39. The molecule has 0 heterocycles. The number of carbonyl (C=O) groups is 1. The van der Waals surface area contributed by atoms with Crippen molar-refractivity contribution >= 4 is 5.78 Å². The minimum Gasteiger partial charge on any atom is -0.299 e. The van der Waals surface area contributed by atoms with Gasteiger partial charge in [-0.25, -0.2) is 0 Å². The van der Waals surface area contributed by atoms with E-state index in [1.807, 2.05) is 6.08 Å². The van der Waals surface area contributed by atoms with Crippen molar-refractivity contribution in [3.8, 4) is 0 Å². The quantitative estimate of drug-likeness (QED) is 0.609. The number of Topliss-reactive ketones (excluding diaryl/α,β-unsaturated/α-hetero) is 1. The smallest absolute Gasteiger partial charge is 0.136 e. The van der Waals surface area contributed by atoms with Gasteiger partial charge in [-0.05, 0) is 31.6 Å². The zero-order valence-electron chi connectivity index (χ0n) is 9.30. The van der Waals surface area contributed by atoms with Crippen LogP contribution in [0.5, 0.6) is 0 Å². The first-order valence-electron chi connectivity index (χ1n) is 5.93. The molecule has 0 N–H and O–H groups in total. The van der Waals surface area contributed by atoms with Gasteiger partial charge in [0.05, 0.1) is 0 Å². The average Bonchev–Trinajstić information content (AvgIpc) is 2.19. The highest BCUT2D eigenvalue weighted by molar-refractivity contribution is 5.81. The summed E-state index contributed by atoms with van der Waals surface area (Å²) in [7, 11) is 0. The fourth-order valence-electron chi connectivity index (χ4n) is 2.56. The summed E-state index contributed by atoms with van der Waals surface area (Å²) in [6, 6.07) is 0. The van der Waals surface area contributed by atoms with Crippen LogP contribution in [0, 0.1) is 11.8 Å². The Morgan fingerprint density at radius 1 is 1.43 bits per heavy atom. The number of ketones is 1. The van der Waals surface area contributed by atoms with Crippen LogP contribution in [0.2, 0.25) is 0 Å². The standard InChI is InChI=1S/C13H22O/c1-3-7-11-9-5-6-10-12(11)13(14)8-4-2/h3,11-12H,1,4-10H2,2H3/t11-,12-/m0/s1. The maximum atomic E-state index is 11.8. The van der Waals surface area contributed by atoms with Crippen LogP contribution in [0.15, 0.2) is 12.7 Å². The minimum absolute atomic E-state index is 0.349. The number of hydrogen-bond donors (Lipinski definition) is 0. The molecule has 0 aromatic carbocycles. The Kier molecular flexibility index (Phi) is 4.92. The normalized spacial score (nSPS) is 27.2. The molecule has 1 aliphatic rings. The molecule has 0 saturated heterocycles. The van der Waals surface area contributed by atoms with Gasteiger partial charge in [0, 0.05) is 12.3 Å². The van der Waals surface area contributed by atoms with Crippen LogP contribution < -0.4 is 0 Å². The summed E-state index contributed by atoms with van der Waals surface area (Å²) in [6.45, 7) is 5.87. The van der Waals surface area contributed by atoms with Gasteiger partial charge in [-0.15, -0.1) is 6.58 Å². The van der Waals surface area contributed by atoms with Gasteiger partial charge in [0.1, 0.15) is 5.78 Å². The zero-order valence-corrected chi connectivity index (χ0v) is 9.30. The highest BCUT2D eigenvalue weighted by atomic mass is 16.1. The van der Waals surface area contributed by atoms with Crippen molar-refractivity contribution in [3.63, 3.8) is 0 Å². The van der Waals surface area contributed by atoms with Gasteiger partial charge in [-0.3, -0.25) is 4.79 Å².